The first-order valence-corrected chi connectivity index (χ1v) is 6.57. The van der Waals surface area contributed by atoms with Gasteiger partial charge in [-0.2, -0.15) is 4.98 Å². The monoisotopic (exact) mass is 254 g/mol. The third-order valence-electron chi connectivity index (χ3n) is 3.45. The van der Waals surface area contributed by atoms with Crippen LogP contribution in [-0.2, 0) is 0 Å². The molecule has 2 rings (SSSR count). The minimum atomic E-state index is 0.282. The van der Waals surface area contributed by atoms with Gasteiger partial charge >= 0.3 is 0 Å². The fourth-order valence-electron chi connectivity index (χ4n) is 2.44. The van der Waals surface area contributed by atoms with E-state index in [2.05, 4.69) is 14.9 Å². The van der Waals surface area contributed by atoms with E-state index in [1.165, 1.54) is 38.5 Å². The van der Waals surface area contributed by atoms with Crippen LogP contribution in [0.1, 0.15) is 38.5 Å². The van der Waals surface area contributed by atoms with Crippen LogP contribution in [0.2, 0.25) is 5.02 Å². The number of hydrogen-bond donors (Lipinski definition) is 1. The van der Waals surface area contributed by atoms with Gasteiger partial charge in [-0.3, -0.25) is 0 Å². The second-order valence-corrected chi connectivity index (χ2v) is 5.06. The number of nitrogens with two attached hydrogens (primary N) is 1. The van der Waals surface area contributed by atoms with Gasteiger partial charge in [0.1, 0.15) is 5.02 Å². The summed E-state index contributed by atoms with van der Waals surface area (Å²) in [5.74, 6) is 1.04. The van der Waals surface area contributed by atoms with Crippen molar-refractivity contribution in [1.29, 1.82) is 0 Å². The van der Waals surface area contributed by atoms with Crippen LogP contribution >= 0.6 is 11.6 Å². The number of hydrogen-bond acceptors (Lipinski definition) is 4. The Bertz CT molecular complexity index is 375. The molecule has 5 heteroatoms. The molecular formula is C12H19ClN4. The Morgan fingerprint density at radius 2 is 1.94 bits per heavy atom. The number of rotatable bonds is 2. The van der Waals surface area contributed by atoms with Gasteiger partial charge in [-0.05, 0) is 12.8 Å². The third-order valence-corrected chi connectivity index (χ3v) is 3.72. The summed E-state index contributed by atoms with van der Waals surface area (Å²) in [7, 11) is 2.05. The maximum Gasteiger partial charge on any atom is 0.222 e. The van der Waals surface area contributed by atoms with E-state index in [1.54, 1.807) is 6.20 Å². The lowest BCUT2D eigenvalue weighted by molar-refractivity contribution is 0.549. The second kappa shape index (κ2) is 5.54. The van der Waals surface area contributed by atoms with Crippen LogP contribution in [0.15, 0.2) is 6.20 Å². The maximum absolute atomic E-state index is 6.13. The zero-order valence-corrected chi connectivity index (χ0v) is 11.0. The Balaban J connectivity index is 2.16. The Hall–Kier alpha value is -1.03. The first-order chi connectivity index (χ1) is 8.18. The third kappa shape index (κ3) is 3.00. The molecule has 0 saturated heterocycles. The van der Waals surface area contributed by atoms with Gasteiger partial charge < -0.3 is 10.6 Å². The van der Waals surface area contributed by atoms with E-state index in [1.807, 2.05) is 7.05 Å². The molecule has 0 unspecified atom stereocenters. The molecule has 1 aromatic rings. The normalized spacial score (nSPS) is 17.8. The molecular weight excluding hydrogens is 236 g/mol. The van der Waals surface area contributed by atoms with Gasteiger partial charge in [-0.15, -0.1) is 0 Å². The van der Waals surface area contributed by atoms with E-state index in [4.69, 9.17) is 17.3 Å². The standard InChI is InChI=1S/C12H19ClN4/c1-17(9-6-4-2-3-5-7-9)11-10(13)8-15-12(14)16-11/h8-9H,2-7H2,1H3,(H2,14,15,16). The van der Waals surface area contributed by atoms with Gasteiger partial charge in [0.2, 0.25) is 5.95 Å². The fourth-order valence-corrected chi connectivity index (χ4v) is 2.66. The van der Waals surface area contributed by atoms with Crippen molar-refractivity contribution >= 4 is 23.4 Å². The van der Waals surface area contributed by atoms with Gasteiger partial charge in [0.05, 0.1) is 6.20 Å². The molecule has 0 bridgehead atoms. The van der Waals surface area contributed by atoms with Crippen LogP contribution in [0.5, 0.6) is 0 Å². The summed E-state index contributed by atoms with van der Waals surface area (Å²) in [6.45, 7) is 0. The van der Waals surface area contributed by atoms with E-state index in [0.29, 0.717) is 11.1 Å². The Labute approximate surface area is 107 Å². The topological polar surface area (TPSA) is 55.0 Å². The van der Waals surface area contributed by atoms with Crippen molar-refractivity contribution < 1.29 is 0 Å². The van der Waals surface area contributed by atoms with E-state index in [-0.39, 0.29) is 5.95 Å². The van der Waals surface area contributed by atoms with Crippen molar-refractivity contribution in [3.63, 3.8) is 0 Å². The molecule has 1 aromatic heterocycles. The number of anilines is 2. The van der Waals surface area contributed by atoms with Gasteiger partial charge in [0, 0.05) is 13.1 Å². The predicted octanol–water partition coefficient (Wildman–Crippen LogP) is 2.87. The Morgan fingerprint density at radius 3 is 2.59 bits per heavy atom. The molecule has 1 aliphatic rings. The smallest absolute Gasteiger partial charge is 0.222 e. The molecule has 0 spiro atoms. The van der Waals surface area contributed by atoms with Crippen LogP contribution in [-0.4, -0.2) is 23.1 Å². The van der Waals surface area contributed by atoms with Crippen LogP contribution < -0.4 is 10.6 Å². The molecule has 0 aliphatic heterocycles. The lowest BCUT2D eigenvalue weighted by Crippen LogP contribution is -2.32. The molecule has 0 aromatic carbocycles. The summed E-state index contributed by atoms with van der Waals surface area (Å²) >= 11 is 6.13. The van der Waals surface area contributed by atoms with Crippen LogP contribution in [0.4, 0.5) is 11.8 Å². The minimum Gasteiger partial charge on any atom is -0.368 e. The van der Waals surface area contributed by atoms with E-state index < -0.39 is 0 Å². The predicted molar refractivity (Wildman–Crippen MR) is 71.3 cm³/mol. The summed E-state index contributed by atoms with van der Waals surface area (Å²) in [6.07, 6.45) is 9.23. The average Bonchev–Trinajstić information content (AvgIpc) is 2.60. The summed E-state index contributed by atoms with van der Waals surface area (Å²) in [4.78, 5) is 10.3. The van der Waals surface area contributed by atoms with Crippen molar-refractivity contribution in [3.05, 3.63) is 11.2 Å². The van der Waals surface area contributed by atoms with Gasteiger partial charge in [0.25, 0.3) is 0 Å². The van der Waals surface area contributed by atoms with Crippen molar-refractivity contribution in [2.45, 2.75) is 44.6 Å². The summed E-state index contributed by atoms with van der Waals surface area (Å²) in [5.41, 5.74) is 5.62. The van der Waals surface area contributed by atoms with Crippen molar-refractivity contribution in [2.75, 3.05) is 17.7 Å². The van der Waals surface area contributed by atoms with Gasteiger partial charge in [-0.1, -0.05) is 37.3 Å². The van der Waals surface area contributed by atoms with E-state index >= 15 is 0 Å². The lowest BCUT2D eigenvalue weighted by Gasteiger charge is -2.28. The molecule has 1 fully saturated rings. The number of halogens is 1. The van der Waals surface area contributed by atoms with E-state index in [0.717, 1.165) is 5.82 Å². The average molecular weight is 255 g/mol. The first-order valence-electron chi connectivity index (χ1n) is 6.19. The van der Waals surface area contributed by atoms with Crippen molar-refractivity contribution in [2.24, 2.45) is 0 Å². The molecule has 1 saturated carbocycles. The highest BCUT2D eigenvalue weighted by molar-refractivity contribution is 6.32. The summed E-state index contributed by atoms with van der Waals surface area (Å²) in [6, 6.07) is 0.518. The zero-order valence-electron chi connectivity index (χ0n) is 10.2. The highest BCUT2D eigenvalue weighted by atomic mass is 35.5. The second-order valence-electron chi connectivity index (χ2n) is 4.66. The number of aromatic nitrogens is 2. The molecule has 4 nitrogen and oxygen atoms in total. The molecule has 0 radical (unpaired) electrons. The SMILES string of the molecule is CN(c1nc(N)ncc1Cl)C1CCCCCC1. The number of nitrogens with zero attached hydrogens (tertiary/aromatic N) is 3. The van der Waals surface area contributed by atoms with Crippen LogP contribution in [0.25, 0.3) is 0 Å². The lowest BCUT2D eigenvalue weighted by atomic mass is 10.1. The number of nitrogen functional groups attached to an aromatic ring is 1. The molecule has 1 heterocycles. The van der Waals surface area contributed by atoms with Gasteiger partial charge in [-0.25, -0.2) is 4.98 Å². The van der Waals surface area contributed by atoms with Crippen LogP contribution in [0.3, 0.4) is 0 Å². The zero-order chi connectivity index (χ0) is 12.3. The molecule has 17 heavy (non-hydrogen) atoms. The van der Waals surface area contributed by atoms with Crippen molar-refractivity contribution in [1.82, 2.24) is 9.97 Å². The Kier molecular flexibility index (Phi) is 4.05. The molecule has 0 atom stereocenters. The molecule has 1 aliphatic carbocycles. The van der Waals surface area contributed by atoms with E-state index in [9.17, 15) is 0 Å². The molecule has 94 valence electrons. The highest BCUT2D eigenvalue weighted by Crippen LogP contribution is 2.28. The largest absolute Gasteiger partial charge is 0.368 e. The Morgan fingerprint density at radius 1 is 1.29 bits per heavy atom. The quantitative estimate of drug-likeness (QED) is 0.825. The highest BCUT2D eigenvalue weighted by Gasteiger charge is 2.20. The van der Waals surface area contributed by atoms with Crippen LogP contribution in [0, 0.1) is 0 Å². The fraction of sp³-hybridized carbons (Fsp3) is 0.667. The maximum atomic E-state index is 6.13. The van der Waals surface area contributed by atoms with Crippen molar-refractivity contribution in [3.8, 4) is 0 Å². The first kappa shape index (κ1) is 12.4. The van der Waals surface area contributed by atoms with Gasteiger partial charge in [0.15, 0.2) is 5.82 Å². The summed E-state index contributed by atoms with van der Waals surface area (Å²) < 4.78 is 0. The minimum absolute atomic E-state index is 0.282. The molecule has 0 amide bonds. The summed E-state index contributed by atoms with van der Waals surface area (Å²) in [5, 5.41) is 0.575. The molecule has 2 N–H and O–H groups in total.